The third kappa shape index (κ3) is 7.30. The number of carbonyl (C=O) groups is 3. The van der Waals surface area contributed by atoms with E-state index in [1.54, 1.807) is 7.11 Å². The predicted molar refractivity (Wildman–Crippen MR) is 206 cm³/mol. The molecule has 53 heavy (non-hydrogen) atoms. The van der Waals surface area contributed by atoms with Crippen LogP contribution in [0.5, 0.6) is 0 Å². The van der Waals surface area contributed by atoms with Crippen LogP contribution < -0.4 is 10.7 Å². The quantitative estimate of drug-likeness (QED) is 0.212. The van der Waals surface area contributed by atoms with Gasteiger partial charge in [0.05, 0.1) is 41.4 Å². The molecule has 1 saturated heterocycles. The zero-order valence-electron chi connectivity index (χ0n) is 31.7. The molecule has 6 bridgehead atoms. The van der Waals surface area contributed by atoms with Crippen molar-refractivity contribution in [2.75, 3.05) is 26.9 Å². The van der Waals surface area contributed by atoms with Crippen LogP contribution in [-0.4, -0.2) is 76.1 Å². The third-order valence-corrected chi connectivity index (χ3v) is 12.3. The van der Waals surface area contributed by atoms with Gasteiger partial charge >= 0.3 is 0 Å². The van der Waals surface area contributed by atoms with Crippen molar-refractivity contribution >= 4 is 40.3 Å². The third-order valence-electron chi connectivity index (χ3n) is 11.5. The van der Waals surface area contributed by atoms with Crippen LogP contribution in [0.4, 0.5) is 0 Å². The molecule has 1 aromatic carbocycles. The highest BCUT2D eigenvalue weighted by atomic mass is 32.1. The van der Waals surface area contributed by atoms with E-state index in [9.17, 15) is 14.4 Å². The zero-order chi connectivity index (χ0) is 37.5. The summed E-state index contributed by atoms with van der Waals surface area (Å²) in [7, 11) is 1.71. The van der Waals surface area contributed by atoms with Gasteiger partial charge in [-0.25, -0.2) is 10.4 Å². The molecular weight excluding hydrogens is 689 g/mol. The maximum atomic E-state index is 14.2. The first-order chi connectivity index (χ1) is 25.5. The maximum absolute atomic E-state index is 14.2. The van der Waals surface area contributed by atoms with Crippen molar-refractivity contribution in [3.05, 3.63) is 58.2 Å². The first-order valence-electron chi connectivity index (χ1n) is 19.0. The number of pyridine rings is 1. The number of nitrogens with one attached hydrogen (secondary N) is 2. The summed E-state index contributed by atoms with van der Waals surface area (Å²) in [6.45, 7) is 12.3. The molecule has 0 spiro atoms. The SMILES string of the molecule is CCn1c(-c2cccnc2[C@H](C)OC)c2c3cc(ccc31)-c1csc(n1)C[C@H](NC(=O)[C@H]1CC[C@@H]1C)C(=O)N1CCC[C@](C=O)(COCC(C)(C)C2)N1. The van der Waals surface area contributed by atoms with E-state index in [1.165, 1.54) is 21.9 Å². The van der Waals surface area contributed by atoms with E-state index >= 15 is 0 Å². The number of hydrogen-bond acceptors (Lipinski definition) is 9. The molecule has 3 aliphatic rings. The number of aldehydes is 1. The monoisotopic (exact) mass is 740 g/mol. The molecule has 2 amide bonds. The normalized spacial score (nSPS) is 25.4. The van der Waals surface area contributed by atoms with Gasteiger partial charge in [-0.05, 0) is 87.1 Å². The molecule has 0 radical (unpaired) electrons. The van der Waals surface area contributed by atoms with Gasteiger partial charge in [-0.2, -0.15) is 0 Å². The highest BCUT2D eigenvalue weighted by Crippen LogP contribution is 2.42. The van der Waals surface area contributed by atoms with E-state index in [4.69, 9.17) is 19.4 Å². The van der Waals surface area contributed by atoms with Crippen LogP contribution in [-0.2, 0) is 43.2 Å². The van der Waals surface area contributed by atoms with Gasteiger partial charge < -0.3 is 24.2 Å². The van der Waals surface area contributed by atoms with Crippen molar-refractivity contribution < 1.29 is 23.9 Å². The summed E-state index contributed by atoms with van der Waals surface area (Å²) in [4.78, 5) is 50.3. The smallest absolute Gasteiger partial charge is 0.259 e. The van der Waals surface area contributed by atoms with E-state index in [2.05, 4.69) is 67.3 Å². The number of thiazole rings is 1. The number of hydrogen-bond donors (Lipinski definition) is 2. The zero-order valence-corrected chi connectivity index (χ0v) is 32.6. The lowest BCUT2D eigenvalue weighted by atomic mass is 9.74. The minimum absolute atomic E-state index is 0.101. The van der Waals surface area contributed by atoms with E-state index < -0.39 is 11.6 Å². The Morgan fingerprint density at radius 1 is 1.25 bits per heavy atom. The van der Waals surface area contributed by atoms with E-state index in [0.717, 1.165) is 69.8 Å². The topological polar surface area (TPSA) is 128 Å². The summed E-state index contributed by atoms with van der Waals surface area (Å²) < 4.78 is 14.6. The molecule has 282 valence electrons. The molecule has 2 aliphatic heterocycles. The van der Waals surface area contributed by atoms with Gasteiger partial charge in [0.15, 0.2) is 0 Å². The number of fused-ring (bicyclic) bond motifs is 6. The predicted octanol–water partition coefficient (Wildman–Crippen LogP) is 6.29. The number of carbonyl (C=O) groups excluding carboxylic acids is 3. The second kappa shape index (κ2) is 15.0. The highest BCUT2D eigenvalue weighted by molar-refractivity contribution is 7.10. The van der Waals surface area contributed by atoms with Gasteiger partial charge in [-0.3, -0.25) is 19.6 Å². The number of methoxy groups -OCH3 is 1. The van der Waals surface area contributed by atoms with E-state index in [1.807, 2.05) is 24.6 Å². The molecule has 3 aromatic heterocycles. The largest absolute Gasteiger partial charge is 0.378 e. The minimum atomic E-state index is -1.07. The van der Waals surface area contributed by atoms with E-state index in [0.29, 0.717) is 32.4 Å². The fraction of sp³-hybridized carbons (Fsp3) is 0.537. The number of amides is 2. The summed E-state index contributed by atoms with van der Waals surface area (Å²) in [5.41, 5.74) is 8.99. The molecular formula is C41H52N6O5S. The van der Waals surface area contributed by atoms with Crippen molar-refractivity contribution in [2.45, 2.75) is 97.4 Å². The molecule has 1 aliphatic carbocycles. The van der Waals surface area contributed by atoms with Gasteiger partial charge in [0.1, 0.15) is 17.9 Å². The van der Waals surface area contributed by atoms with Crippen molar-refractivity contribution in [2.24, 2.45) is 17.3 Å². The Morgan fingerprint density at radius 2 is 2.08 bits per heavy atom. The molecule has 11 nitrogen and oxygen atoms in total. The maximum Gasteiger partial charge on any atom is 0.259 e. The number of ether oxygens (including phenoxy) is 2. The Balaban J connectivity index is 1.35. The van der Waals surface area contributed by atoms with Gasteiger partial charge in [0.2, 0.25) is 5.91 Å². The van der Waals surface area contributed by atoms with Crippen molar-refractivity contribution in [1.29, 1.82) is 0 Å². The van der Waals surface area contributed by atoms with E-state index in [-0.39, 0.29) is 48.2 Å². The second-order valence-electron chi connectivity index (χ2n) is 16.0. The molecule has 7 rings (SSSR count). The molecule has 12 heteroatoms. The molecule has 0 unspecified atom stereocenters. The van der Waals surface area contributed by atoms with Crippen LogP contribution >= 0.6 is 11.3 Å². The standard InChI is InChI=1S/C41H52N6O5S/c1-7-46-34-14-12-27-18-30(34)31(37(46)29-10-8-16-42-36(29)26(3)51-6)20-40(4,5)23-52-24-41(22-48)15-9-17-47(45-41)39(50)32(19-35-43-33(27)21-53-35)44-38(49)28-13-11-25(28)2/h8,10,12,14,16,18,21-22,25-26,28,32,45H,7,9,11,13,15,17,19-20,23-24H2,1-6H3,(H,44,49)/t25-,26-,28-,32-,41-/m0/s1. The Bertz CT molecular complexity index is 2010. The summed E-state index contributed by atoms with van der Waals surface area (Å²) in [6, 6.07) is 9.82. The van der Waals surface area contributed by atoms with Gasteiger partial charge in [-0.15, -0.1) is 11.3 Å². The second-order valence-corrected chi connectivity index (χ2v) is 16.9. The fourth-order valence-corrected chi connectivity index (χ4v) is 9.10. The van der Waals surface area contributed by atoms with Crippen LogP contribution in [0, 0.1) is 17.3 Å². The molecule has 2 fully saturated rings. The molecule has 2 N–H and O–H groups in total. The Hall–Kier alpha value is -3.97. The van der Waals surface area contributed by atoms with Crippen molar-refractivity contribution in [1.82, 2.24) is 30.3 Å². The van der Waals surface area contributed by atoms with Crippen LogP contribution in [0.25, 0.3) is 33.4 Å². The van der Waals surface area contributed by atoms with Crippen LogP contribution in [0.2, 0.25) is 0 Å². The number of aryl methyl sites for hydroxylation is 1. The number of aromatic nitrogens is 3. The van der Waals surface area contributed by atoms with Crippen LogP contribution in [0.3, 0.4) is 0 Å². The minimum Gasteiger partial charge on any atom is -0.378 e. The van der Waals surface area contributed by atoms with Gasteiger partial charge in [-0.1, -0.05) is 26.8 Å². The van der Waals surface area contributed by atoms with Gasteiger partial charge in [0, 0.05) is 66.1 Å². The molecule has 4 aromatic rings. The molecule has 5 atom stereocenters. The van der Waals surface area contributed by atoms with Gasteiger partial charge in [0.25, 0.3) is 5.91 Å². The summed E-state index contributed by atoms with van der Waals surface area (Å²) in [5.74, 6) is -0.198. The number of nitrogens with zero attached hydrogens (tertiary/aromatic N) is 4. The average molecular weight is 741 g/mol. The van der Waals surface area contributed by atoms with Crippen LogP contribution in [0.15, 0.2) is 41.9 Å². The molecule has 1 saturated carbocycles. The summed E-state index contributed by atoms with van der Waals surface area (Å²) in [6.07, 6.45) is 6.41. The lowest BCUT2D eigenvalue weighted by Gasteiger charge is -2.42. The average Bonchev–Trinajstić information content (AvgIpc) is 3.74. The van der Waals surface area contributed by atoms with Crippen molar-refractivity contribution in [3.8, 4) is 22.5 Å². The van der Waals surface area contributed by atoms with Crippen molar-refractivity contribution in [3.63, 3.8) is 0 Å². The lowest BCUT2D eigenvalue weighted by Crippen LogP contribution is -2.66. The summed E-state index contributed by atoms with van der Waals surface area (Å²) >= 11 is 1.49. The number of benzene rings is 1. The fourth-order valence-electron chi connectivity index (χ4n) is 8.25. The number of hydrazine groups is 1. The first kappa shape index (κ1) is 37.3. The first-order valence-corrected chi connectivity index (χ1v) is 19.9. The molecule has 5 heterocycles. The lowest BCUT2D eigenvalue weighted by molar-refractivity contribution is -0.148. The Labute approximate surface area is 315 Å². The highest BCUT2D eigenvalue weighted by Gasteiger charge is 2.41. The van der Waals surface area contributed by atoms with Crippen LogP contribution in [0.1, 0.15) is 82.7 Å². The number of rotatable bonds is 7. The Kier molecular flexibility index (Phi) is 10.6. The summed E-state index contributed by atoms with van der Waals surface area (Å²) in [5, 5.41) is 8.53. The Morgan fingerprint density at radius 3 is 2.79 bits per heavy atom.